The van der Waals surface area contributed by atoms with Gasteiger partial charge in [0.05, 0.1) is 24.6 Å². The van der Waals surface area contributed by atoms with Crippen molar-refractivity contribution in [3.8, 4) is 11.5 Å². The lowest BCUT2D eigenvalue weighted by atomic mass is 9.87. The molecule has 2 aliphatic rings. The van der Waals surface area contributed by atoms with Crippen LogP contribution in [0.1, 0.15) is 56.8 Å². The lowest BCUT2D eigenvalue weighted by Gasteiger charge is -2.40. The van der Waals surface area contributed by atoms with Crippen LogP contribution in [0.5, 0.6) is 11.5 Å². The Bertz CT molecular complexity index is 1260. The van der Waals surface area contributed by atoms with E-state index in [0.717, 1.165) is 38.8 Å². The molecule has 40 heavy (non-hydrogen) atoms. The number of rotatable bonds is 12. The van der Waals surface area contributed by atoms with Gasteiger partial charge in [-0.3, -0.25) is 4.79 Å². The molecule has 1 N–H and O–H groups in total. The zero-order valence-electron chi connectivity index (χ0n) is 23.7. The maximum absolute atomic E-state index is 14.1. The monoisotopic (exact) mass is 577 g/mol. The normalized spacial score (nSPS) is 19.9. The Hall–Kier alpha value is -2.83. The highest BCUT2D eigenvalue weighted by molar-refractivity contribution is 7.88. The van der Waals surface area contributed by atoms with Crippen LogP contribution >= 0.6 is 0 Å². The molecule has 10 nitrogen and oxygen atoms in total. The third kappa shape index (κ3) is 7.88. The largest absolute Gasteiger partial charge is 0.451 e. The standard InChI is InChI=1S/C28H40FN5O5S/c1-5-34(19(2)3)28(35)24-12-22(29)8-11-25(24)39-26-13-30-18-31-27(26)33-14-21(15-33)17-38-16-20-6-9-23(10-7-20)32-40(4,36)37/h8,11-13,18-21,23,32H,5-7,9-10,14-17H2,1-4H3/t20-,23-. The molecule has 0 unspecified atom stereocenters. The van der Waals surface area contributed by atoms with Crippen molar-refractivity contribution in [1.29, 1.82) is 0 Å². The lowest BCUT2D eigenvalue weighted by Crippen LogP contribution is -2.49. The van der Waals surface area contributed by atoms with Gasteiger partial charge in [0.15, 0.2) is 11.6 Å². The number of hydrogen-bond donors (Lipinski definition) is 1. The summed E-state index contributed by atoms with van der Waals surface area (Å²) < 4.78 is 51.9. The summed E-state index contributed by atoms with van der Waals surface area (Å²) in [6.45, 7) is 9.00. The summed E-state index contributed by atoms with van der Waals surface area (Å²) in [5, 5.41) is 0. The van der Waals surface area contributed by atoms with E-state index in [9.17, 15) is 17.6 Å². The number of carbonyl (C=O) groups is 1. The van der Waals surface area contributed by atoms with Crippen LogP contribution in [0.15, 0.2) is 30.7 Å². The summed E-state index contributed by atoms with van der Waals surface area (Å²) >= 11 is 0. The third-order valence-corrected chi connectivity index (χ3v) is 8.23. The van der Waals surface area contributed by atoms with Gasteiger partial charge in [0, 0.05) is 44.2 Å². The second-order valence-corrected chi connectivity index (χ2v) is 12.8. The predicted molar refractivity (Wildman–Crippen MR) is 151 cm³/mol. The van der Waals surface area contributed by atoms with Gasteiger partial charge in [0.1, 0.15) is 17.9 Å². The molecule has 2 fully saturated rings. The highest BCUT2D eigenvalue weighted by atomic mass is 32.2. The number of sulfonamides is 1. The zero-order valence-corrected chi connectivity index (χ0v) is 24.5. The Labute approximate surface area is 236 Å². The summed E-state index contributed by atoms with van der Waals surface area (Å²) in [6.07, 6.45) is 7.79. The van der Waals surface area contributed by atoms with E-state index in [0.29, 0.717) is 43.2 Å². The number of hydrogen-bond acceptors (Lipinski definition) is 8. The predicted octanol–water partition coefficient (Wildman–Crippen LogP) is 3.84. The van der Waals surface area contributed by atoms with E-state index < -0.39 is 15.8 Å². The molecule has 1 saturated carbocycles. The van der Waals surface area contributed by atoms with Crippen LogP contribution in [0, 0.1) is 17.7 Å². The van der Waals surface area contributed by atoms with Gasteiger partial charge in [-0.2, -0.15) is 0 Å². The number of anilines is 1. The highest BCUT2D eigenvalue weighted by Crippen LogP contribution is 2.35. The second kappa shape index (κ2) is 13.2. The number of carbonyl (C=O) groups excluding carboxylic acids is 1. The summed E-state index contributed by atoms with van der Waals surface area (Å²) in [7, 11) is -3.17. The molecule has 1 aliphatic heterocycles. The summed E-state index contributed by atoms with van der Waals surface area (Å²) in [5.74, 6) is 1.25. The fourth-order valence-electron chi connectivity index (χ4n) is 5.39. The van der Waals surface area contributed by atoms with Crippen LogP contribution in [0.2, 0.25) is 0 Å². The van der Waals surface area contributed by atoms with Gasteiger partial charge in [-0.15, -0.1) is 0 Å². The molecule has 1 aromatic carbocycles. The summed E-state index contributed by atoms with van der Waals surface area (Å²) in [5.41, 5.74) is 0.154. The number of nitrogens with one attached hydrogen (secondary N) is 1. The molecular weight excluding hydrogens is 537 g/mol. The second-order valence-electron chi connectivity index (χ2n) is 11.1. The van der Waals surface area contributed by atoms with Crippen molar-refractivity contribution in [2.75, 3.05) is 44.0 Å². The third-order valence-electron chi connectivity index (χ3n) is 7.47. The minimum atomic E-state index is -3.17. The summed E-state index contributed by atoms with van der Waals surface area (Å²) in [6, 6.07) is 3.92. The van der Waals surface area contributed by atoms with Crippen molar-refractivity contribution in [3.05, 3.63) is 42.1 Å². The van der Waals surface area contributed by atoms with Crippen LogP contribution in [-0.2, 0) is 14.8 Å². The molecular formula is C28H40FN5O5S. The Balaban J connectivity index is 1.30. The van der Waals surface area contributed by atoms with Crippen LogP contribution in [-0.4, -0.2) is 80.4 Å². The first-order chi connectivity index (χ1) is 19.0. The maximum Gasteiger partial charge on any atom is 0.257 e. The van der Waals surface area contributed by atoms with Gasteiger partial charge >= 0.3 is 0 Å². The van der Waals surface area contributed by atoms with Gasteiger partial charge in [-0.05, 0) is 70.6 Å². The number of nitrogens with zero attached hydrogens (tertiary/aromatic N) is 4. The van der Waals surface area contributed by atoms with E-state index in [4.69, 9.17) is 9.47 Å². The number of benzene rings is 1. The molecule has 220 valence electrons. The van der Waals surface area contributed by atoms with Crippen LogP contribution in [0.4, 0.5) is 10.2 Å². The Morgan fingerprint density at radius 2 is 1.85 bits per heavy atom. The fraction of sp³-hybridized carbons (Fsp3) is 0.607. The first kappa shape index (κ1) is 30.1. The first-order valence-corrected chi connectivity index (χ1v) is 15.8. The van der Waals surface area contributed by atoms with Gasteiger partial charge < -0.3 is 19.3 Å². The molecule has 0 bridgehead atoms. The van der Waals surface area contributed by atoms with E-state index in [1.165, 1.54) is 30.8 Å². The molecule has 12 heteroatoms. The SMILES string of the molecule is CCN(C(=O)c1cc(F)ccc1Oc1cncnc1N1CC(COC[C@H]2CC[C@H](NS(C)(=O)=O)CC2)C1)C(C)C. The van der Waals surface area contributed by atoms with E-state index in [-0.39, 0.29) is 29.3 Å². The van der Waals surface area contributed by atoms with E-state index in [1.807, 2.05) is 20.8 Å². The van der Waals surface area contributed by atoms with Crippen LogP contribution < -0.4 is 14.4 Å². The smallest absolute Gasteiger partial charge is 0.257 e. The van der Waals surface area contributed by atoms with E-state index in [2.05, 4.69) is 19.6 Å². The molecule has 1 aliphatic carbocycles. The number of amides is 1. The van der Waals surface area contributed by atoms with Gasteiger partial charge in [0.25, 0.3) is 5.91 Å². The number of ether oxygens (including phenoxy) is 2. The molecule has 1 amide bonds. The first-order valence-electron chi connectivity index (χ1n) is 13.9. The molecule has 0 atom stereocenters. The van der Waals surface area contributed by atoms with Gasteiger partial charge in [-0.25, -0.2) is 27.5 Å². The van der Waals surface area contributed by atoms with E-state index in [1.54, 1.807) is 11.1 Å². The average molecular weight is 578 g/mol. The Morgan fingerprint density at radius 1 is 1.15 bits per heavy atom. The van der Waals surface area contributed by atoms with Crippen molar-refractivity contribution in [3.63, 3.8) is 0 Å². The highest BCUT2D eigenvalue weighted by Gasteiger charge is 2.31. The van der Waals surface area contributed by atoms with Crippen molar-refractivity contribution in [1.82, 2.24) is 19.6 Å². The number of halogens is 1. The van der Waals surface area contributed by atoms with Crippen molar-refractivity contribution in [2.24, 2.45) is 11.8 Å². The molecule has 0 radical (unpaired) electrons. The van der Waals surface area contributed by atoms with Crippen molar-refractivity contribution >= 4 is 21.7 Å². The number of aromatic nitrogens is 2. The zero-order chi connectivity index (χ0) is 28.9. The topological polar surface area (TPSA) is 114 Å². The quantitative estimate of drug-likeness (QED) is 0.405. The van der Waals surface area contributed by atoms with Crippen molar-refractivity contribution in [2.45, 2.75) is 58.5 Å². The van der Waals surface area contributed by atoms with Gasteiger partial charge in [-0.1, -0.05) is 0 Å². The minimum absolute atomic E-state index is 0.0283. The molecule has 0 spiro atoms. The van der Waals surface area contributed by atoms with E-state index >= 15 is 0 Å². The molecule has 4 rings (SSSR count). The average Bonchev–Trinajstić information content (AvgIpc) is 2.87. The van der Waals surface area contributed by atoms with Crippen LogP contribution in [0.25, 0.3) is 0 Å². The van der Waals surface area contributed by atoms with Gasteiger partial charge in [0.2, 0.25) is 10.0 Å². The minimum Gasteiger partial charge on any atom is -0.451 e. The fourth-order valence-corrected chi connectivity index (χ4v) is 6.24. The lowest BCUT2D eigenvalue weighted by molar-refractivity contribution is 0.0510. The van der Waals surface area contributed by atoms with Crippen LogP contribution in [0.3, 0.4) is 0 Å². The Kier molecular flexibility index (Phi) is 9.96. The molecule has 2 aromatic rings. The Morgan fingerprint density at radius 3 is 2.50 bits per heavy atom. The molecule has 2 heterocycles. The molecule has 1 aromatic heterocycles. The summed E-state index contributed by atoms with van der Waals surface area (Å²) in [4.78, 5) is 25.4. The maximum atomic E-state index is 14.1. The van der Waals surface area contributed by atoms with Crippen molar-refractivity contribution < 1.29 is 27.1 Å². The molecule has 1 saturated heterocycles.